The summed E-state index contributed by atoms with van der Waals surface area (Å²) in [7, 11) is 4.95. The van der Waals surface area contributed by atoms with E-state index in [1.165, 1.54) is 0 Å². The van der Waals surface area contributed by atoms with Crippen molar-refractivity contribution in [2.24, 2.45) is 0 Å². The largest absolute Gasteiger partial charge is 0.480 e. The van der Waals surface area contributed by atoms with Crippen LogP contribution in [0.25, 0.3) is 33.6 Å². The number of carbonyl (C=O) groups excluding carboxylic acids is 1. The fraction of sp³-hybridized carbons (Fsp3) is 0.300. The molecule has 1 fully saturated rings. The van der Waals surface area contributed by atoms with E-state index in [-0.39, 0.29) is 6.03 Å². The van der Waals surface area contributed by atoms with Crippen LogP contribution in [-0.2, 0) is 13.1 Å². The van der Waals surface area contributed by atoms with Crippen LogP contribution in [0.4, 0.5) is 4.79 Å². The molecule has 0 saturated carbocycles. The molecule has 1 aliphatic heterocycles. The monoisotopic (exact) mass is 622 g/mol. The second-order valence-corrected chi connectivity index (χ2v) is 10.4. The summed E-state index contributed by atoms with van der Waals surface area (Å²) < 4.78 is 11.0. The van der Waals surface area contributed by atoms with Crippen molar-refractivity contribution in [1.29, 1.82) is 0 Å². The summed E-state index contributed by atoms with van der Waals surface area (Å²) in [6.45, 7) is 3.57. The van der Waals surface area contributed by atoms with Crippen molar-refractivity contribution in [1.82, 2.24) is 40.8 Å². The molecule has 2 amide bonds. The zero-order valence-electron chi connectivity index (χ0n) is 24.1. The number of hydrogen-bond acceptors (Lipinski definition) is 9. The number of nitrogens with zero attached hydrogens (tertiary/aromatic N) is 5. The van der Waals surface area contributed by atoms with E-state index in [2.05, 4.69) is 30.9 Å². The van der Waals surface area contributed by atoms with E-state index in [4.69, 9.17) is 37.7 Å². The number of carbonyl (C=O) groups is 1. The number of hydrogen-bond donors (Lipinski definition) is 3. The van der Waals surface area contributed by atoms with Crippen molar-refractivity contribution in [2.75, 3.05) is 47.4 Å². The summed E-state index contributed by atoms with van der Waals surface area (Å²) in [5.74, 6) is 0.818. The van der Waals surface area contributed by atoms with Crippen LogP contribution >= 0.6 is 23.2 Å². The fourth-order valence-corrected chi connectivity index (χ4v) is 5.46. The van der Waals surface area contributed by atoms with Gasteiger partial charge in [0.15, 0.2) is 0 Å². The molecule has 0 radical (unpaired) electrons. The van der Waals surface area contributed by atoms with Crippen LogP contribution in [0.1, 0.15) is 11.4 Å². The Morgan fingerprint density at radius 1 is 0.860 bits per heavy atom. The van der Waals surface area contributed by atoms with Crippen LogP contribution in [0, 0.1) is 0 Å². The first-order valence-electron chi connectivity index (χ1n) is 13.7. The molecule has 0 aliphatic carbocycles. The van der Waals surface area contributed by atoms with Crippen molar-refractivity contribution in [2.45, 2.75) is 13.1 Å². The number of methoxy groups -OCH3 is 2. The van der Waals surface area contributed by atoms with Gasteiger partial charge in [-0.15, -0.1) is 0 Å². The highest BCUT2D eigenvalue weighted by Gasteiger charge is 2.20. The zero-order chi connectivity index (χ0) is 30.3. The van der Waals surface area contributed by atoms with Crippen molar-refractivity contribution < 1.29 is 14.3 Å². The molecule has 4 aromatic rings. The molecule has 1 saturated heterocycles. The van der Waals surface area contributed by atoms with Gasteiger partial charge in [-0.05, 0) is 7.05 Å². The van der Waals surface area contributed by atoms with E-state index in [1.54, 1.807) is 31.5 Å². The highest BCUT2D eigenvalue weighted by Crippen LogP contribution is 2.42. The van der Waals surface area contributed by atoms with Gasteiger partial charge in [-0.3, -0.25) is 9.97 Å². The van der Waals surface area contributed by atoms with Gasteiger partial charge < -0.3 is 30.3 Å². The summed E-state index contributed by atoms with van der Waals surface area (Å²) in [6.07, 6.45) is 3.35. The van der Waals surface area contributed by atoms with E-state index < -0.39 is 0 Å². The Hall–Kier alpha value is -4.03. The van der Waals surface area contributed by atoms with Gasteiger partial charge in [0.1, 0.15) is 11.4 Å². The lowest BCUT2D eigenvalue weighted by Crippen LogP contribution is -2.34. The first kappa shape index (κ1) is 30.4. The van der Waals surface area contributed by atoms with Gasteiger partial charge in [0.25, 0.3) is 0 Å². The second-order valence-electron chi connectivity index (χ2n) is 9.68. The van der Waals surface area contributed by atoms with Crippen LogP contribution in [0.2, 0.25) is 10.0 Å². The summed E-state index contributed by atoms with van der Waals surface area (Å²) in [4.78, 5) is 31.9. The van der Waals surface area contributed by atoms with Gasteiger partial charge >= 0.3 is 6.03 Å². The van der Waals surface area contributed by atoms with Crippen molar-refractivity contribution in [3.05, 3.63) is 70.2 Å². The normalized spacial score (nSPS) is 12.9. The molecule has 11 nitrogen and oxygen atoms in total. The molecule has 0 spiro atoms. The molecule has 0 unspecified atom stereocenters. The van der Waals surface area contributed by atoms with E-state index in [9.17, 15) is 4.79 Å². The molecule has 0 atom stereocenters. The Balaban J connectivity index is 1.39. The number of halogens is 2. The van der Waals surface area contributed by atoms with E-state index in [0.717, 1.165) is 11.1 Å². The zero-order valence-corrected chi connectivity index (χ0v) is 25.6. The van der Waals surface area contributed by atoms with Crippen LogP contribution in [0.3, 0.4) is 0 Å². The minimum Gasteiger partial charge on any atom is -0.480 e. The average molecular weight is 624 g/mol. The first-order valence-corrected chi connectivity index (χ1v) is 14.5. The quantitative estimate of drug-likeness (QED) is 0.197. The molecular weight excluding hydrogens is 591 g/mol. The number of benzene rings is 2. The Labute approximate surface area is 260 Å². The van der Waals surface area contributed by atoms with Crippen LogP contribution < -0.4 is 25.4 Å². The topological polar surface area (TPSA) is 126 Å². The molecule has 0 bridgehead atoms. The highest BCUT2D eigenvalue weighted by atomic mass is 35.5. The third kappa shape index (κ3) is 6.65. The maximum Gasteiger partial charge on any atom is 0.317 e. The van der Waals surface area contributed by atoms with Gasteiger partial charge in [0, 0.05) is 61.5 Å². The number of amides is 2. The predicted octanol–water partition coefficient (Wildman–Crippen LogP) is 4.43. The summed E-state index contributed by atoms with van der Waals surface area (Å²) in [5, 5.41) is 10.1. The van der Waals surface area contributed by atoms with Gasteiger partial charge in [0.2, 0.25) is 11.8 Å². The smallest absolute Gasteiger partial charge is 0.317 e. The van der Waals surface area contributed by atoms with Gasteiger partial charge in [-0.25, -0.2) is 14.8 Å². The van der Waals surface area contributed by atoms with Crippen LogP contribution in [-0.4, -0.2) is 78.3 Å². The number of rotatable bonds is 12. The summed E-state index contributed by atoms with van der Waals surface area (Å²) >= 11 is 14.0. The summed E-state index contributed by atoms with van der Waals surface area (Å²) in [5.41, 5.74) is 5.34. The SMILES string of the molecule is CNCc1ncc(-c2cccc(-c3cccc(-c4cnc(CNCCN5CCNC5=O)c(OC)n4)c3Cl)c2Cl)nc1OC. The van der Waals surface area contributed by atoms with Gasteiger partial charge in [0.05, 0.1) is 48.0 Å². The lowest BCUT2D eigenvalue weighted by Gasteiger charge is -2.16. The van der Waals surface area contributed by atoms with Gasteiger partial charge in [-0.1, -0.05) is 59.6 Å². The Morgan fingerprint density at radius 2 is 1.40 bits per heavy atom. The Kier molecular flexibility index (Phi) is 9.88. The average Bonchev–Trinajstić information content (AvgIpc) is 3.44. The maximum atomic E-state index is 11.7. The minimum atomic E-state index is -0.0385. The van der Waals surface area contributed by atoms with E-state index in [0.29, 0.717) is 95.0 Å². The lowest BCUT2D eigenvalue weighted by molar-refractivity contribution is 0.217. The Bertz CT molecular complexity index is 1620. The summed E-state index contributed by atoms with van der Waals surface area (Å²) in [6, 6.07) is 11.3. The number of nitrogens with one attached hydrogen (secondary N) is 3. The standard InChI is InChI=1S/C30H32Cl2N8O3/c1-33-14-24-28(42-2)38-22(16-36-24)20-8-4-6-18(26(20)31)19-7-5-9-21(27(19)32)23-17-37-25(29(39-23)43-3)15-34-10-12-40-13-11-35-30(40)41/h4-9,16-17,33-34H,10-15H2,1-3H3,(H,35,41). The minimum absolute atomic E-state index is 0.0385. The maximum absolute atomic E-state index is 11.7. The van der Waals surface area contributed by atoms with Crippen molar-refractivity contribution in [3.8, 4) is 45.4 Å². The second kappa shape index (κ2) is 14.0. The third-order valence-corrected chi connectivity index (χ3v) is 7.80. The number of aromatic nitrogens is 4. The molecule has 5 rings (SSSR count). The lowest BCUT2D eigenvalue weighted by atomic mass is 9.98. The molecular formula is C30H32Cl2N8O3. The molecule has 3 heterocycles. The van der Waals surface area contributed by atoms with Crippen molar-refractivity contribution >= 4 is 29.2 Å². The highest BCUT2D eigenvalue weighted by molar-refractivity contribution is 6.39. The molecule has 2 aromatic heterocycles. The third-order valence-electron chi connectivity index (χ3n) is 6.99. The molecule has 224 valence electrons. The molecule has 3 N–H and O–H groups in total. The molecule has 2 aromatic carbocycles. The molecule has 43 heavy (non-hydrogen) atoms. The van der Waals surface area contributed by atoms with E-state index >= 15 is 0 Å². The van der Waals surface area contributed by atoms with E-state index in [1.807, 2.05) is 43.4 Å². The van der Waals surface area contributed by atoms with Crippen molar-refractivity contribution in [3.63, 3.8) is 0 Å². The number of ether oxygens (including phenoxy) is 2. The van der Waals surface area contributed by atoms with Crippen LogP contribution in [0.15, 0.2) is 48.8 Å². The molecule has 1 aliphatic rings. The fourth-order valence-electron chi connectivity index (χ4n) is 4.81. The predicted molar refractivity (Wildman–Crippen MR) is 166 cm³/mol. The number of urea groups is 1. The van der Waals surface area contributed by atoms with Crippen LogP contribution in [0.5, 0.6) is 11.8 Å². The van der Waals surface area contributed by atoms with Gasteiger partial charge in [-0.2, -0.15) is 0 Å². The first-order chi connectivity index (χ1) is 20.9. The molecule has 13 heteroatoms. The Morgan fingerprint density at radius 3 is 1.88 bits per heavy atom.